The van der Waals surface area contributed by atoms with E-state index in [1.807, 2.05) is 0 Å². The van der Waals surface area contributed by atoms with Crippen LogP contribution in [0.4, 0.5) is 0 Å². The van der Waals surface area contributed by atoms with Gasteiger partial charge in [-0.1, -0.05) is 149 Å². The highest BCUT2D eigenvalue weighted by molar-refractivity contribution is 4.96. The van der Waals surface area contributed by atoms with Crippen molar-refractivity contribution < 1.29 is 25.2 Å². The highest BCUT2D eigenvalue weighted by Crippen LogP contribution is 2.28. The smallest absolute Gasteiger partial charge is 0.121 e. The van der Waals surface area contributed by atoms with Crippen LogP contribution in [0.1, 0.15) is 168 Å². The fourth-order valence-electron chi connectivity index (χ4n) is 5.18. The minimum Gasteiger partial charge on any atom is -0.390 e. The van der Waals surface area contributed by atoms with Gasteiger partial charge < -0.3 is 25.2 Å². The average Bonchev–Trinajstić information content (AvgIpc) is 2.90. The fourth-order valence-corrected chi connectivity index (χ4v) is 5.18. The molecule has 224 valence electrons. The second kappa shape index (κ2) is 26.0. The predicted molar refractivity (Wildman–Crippen MR) is 157 cm³/mol. The van der Waals surface area contributed by atoms with Gasteiger partial charge in [0, 0.05) is 6.61 Å². The van der Waals surface area contributed by atoms with Gasteiger partial charge in [-0.2, -0.15) is 0 Å². The van der Waals surface area contributed by atoms with Crippen LogP contribution in [0, 0.1) is 0 Å². The molecule has 0 aliphatic carbocycles. The van der Waals surface area contributed by atoms with Crippen LogP contribution in [0.5, 0.6) is 0 Å². The quantitative estimate of drug-likeness (QED) is 0.0739. The first-order valence-corrected chi connectivity index (χ1v) is 16.3. The molecule has 0 heterocycles. The van der Waals surface area contributed by atoms with Crippen molar-refractivity contribution in [3.63, 3.8) is 0 Å². The lowest BCUT2D eigenvalue weighted by molar-refractivity contribution is -0.194. The minimum absolute atomic E-state index is 0.00988. The number of unbranched alkanes of at least 4 members (excludes halogenated alkanes) is 18. The van der Waals surface area contributed by atoms with Crippen LogP contribution in [-0.4, -0.2) is 57.6 Å². The molecule has 0 aromatic carbocycles. The Morgan fingerprint density at radius 2 is 0.946 bits per heavy atom. The first-order chi connectivity index (χ1) is 17.9. The zero-order valence-corrected chi connectivity index (χ0v) is 25.1. The SMILES string of the molecule is CCCCCCCCCOCC(O)C(O)(CCCCCCCCC)C(O)C(O)CCCCCCCCC. The molecule has 0 radical (unpaired) electrons. The van der Waals surface area contributed by atoms with Gasteiger partial charge in [0.15, 0.2) is 0 Å². The Morgan fingerprint density at radius 1 is 0.541 bits per heavy atom. The molecule has 0 spiro atoms. The van der Waals surface area contributed by atoms with E-state index in [2.05, 4.69) is 20.8 Å². The first kappa shape index (κ1) is 36.8. The number of ether oxygens (including phenoxy) is 1. The van der Waals surface area contributed by atoms with Gasteiger partial charge in [-0.15, -0.1) is 0 Å². The van der Waals surface area contributed by atoms with Crippen LogP contribution in [0.3, 0.4) is 0 Å². The lowest BCUT2D eigenvalue weighted by Gasteiger charge is -2.39. The molecule has 0 aromatic rings. The van der Waals surface area contributed by atoms with Crippen molar-refractivity contribution >= 4 is 0 Å². The molecule has 4 atom stereocenters. The van der Waals surface area contributed by atoms with E-state index < -0.39 is 23.9 Å². The maximum absolute atomic E-state index is 11.4. The predicted octanol–water partition coefficient (Wildman–Crippen LogP) is 7.85. The lowest BCUT2D eigenvalue weighted by Crippen LogP contribution is -2.58. The van der Waals surface area contributed by atoms with Crippen LogP contribution in [0.25, 0.3) is 0 Å². The summed E-state index contributed by atoms with van der Waals surface area (Å²) >= 11 is 0. The normalized spacial score (nSPS) is 16.0. The van der Waals surface area contributed by atoms with Gasteiger partial charge in [0.2, 0.25) is 0 Å². The third kappa shape index (κ3) is 19.5. The Hall–Kier alpha value is -0.200. The summed E-state index contributed by atoms with van der Waals surface area (Å²) in [6.45, 7) is 7.18. The van der Waals surface area contributed by atoms with Gasteiger partial charge in [-0.05, 0) is 19.3 Å². The van der Waals surface area contributed by atoms with Crippen molar-refractivity contribution in [2.24, 2.45) is 0 Å². The number of aliphatic hydroxyl groups is 4. The summed E-state index contributed by atoms with van der Waals surface area (Å²) < 4.78 is 5.71. The molecule has 0 bridgehead atoms. The summed E-state index contributed by atoms with van der Waals surface area (Å²) in [5.41, 5.74) is -1.75. The molecule has 0 saturated heterocycles. The zero-order chi connectivity index (χ0) is 27.6. The molecule has 5 nitrogen and oxygen atoms in total. The van der Waals surface area contributed by atoms with E-state index in [0.717, 1.165) is 51.4 Å². The molecule has 0 aromatic heterocycles. The van der Waals surface area contributed by atoms with E-state index in [1.165, 1.54) is 83.5 Å². The van der Waals surface area contributed by atoms with E-state index in [1.54, 1.807) is 0 Å². The van der Waals surface area contributed by atoms with Crippen molar-refractivity contribution in [2.75, 3.05) is 13.2 Å². The summed E-state index contributed by atoms with van der Waals surface area (Å²) in [5, 5.41) is 44.0. The number of rotatable bonds is 29. The van der Waals surface area contributed by atoms with Crippen LogP contribution in [-0.2, 0) is 4.74 Å². The van der Waals surface area contributed by atoms with Gasteiger partial charge in [-0.25, -0.2) is 0 Å². The molecule has 37 heavy (non-hydrogen) atoms. The molecule has 0 saturated carbocycles. The summed E-state index contributed by atoms with van der Waals surface area (Å²) in [6.07, 6.45) is 21.1. The van der Waals surface area contributed by atoms with Gasteiger partial charge in [0.1, 0.15) is 17.8 Å². The van der Waals surface area contributed by atoms with E-state index in [-0.39, 0.29) is 13.0 Å². The molecule has 0 fully saturated rings. The number of hydrogen-bond acceptors (Lipinski definition) is 5. The second-order valence-electron chi connectivity index (χ2n) is 11.5. The maximum Gasteiger partial charge on any atom is 0.121 e. The molecule has 4 unspecified atom stereocenters. The van der Waals surface area contributed by atoms with Crippen molar-refractivity contribution in [1.82, 2.24) is 0 Å². The Bertz CT molecular complexity index is 460. The van der Waals surface area contributed by atoms with E-state index in [4.69, 9.17) is 4.74 Å². The number of aliphatic hydroxyl groups excluding tert-OH is 3. The molecule has 0 aliphatic heterocycles. The average molecular weight is 531 g/mol. The van der Waals surface area contributed by atoms with Crippen LogP contribution < -0.4 is 0 Å². The Labute approximate surface area is 230 Å². The highest BCUT2D eigenvalue weighted by Gasteiger charge is 2.45. The Balaban J connectivity index is 4.60. The minimum atomic E-state index is -1.75. The molecular weight excluding hydrogens is 464 g/mol. The highest BCUT2D eigenvalue weighted by atomic mass is 16.5. The standard InChI is InChI=1S/C32H66O5/c1-4-7-10-13-16-19-22-25-29(33)31(35)32(36,26-23-20-17-14-11-8-5-2)30(34)28-37-27-24-21-18-15-12-9-6-3/h29-31,33-36H,4-28H2,1-3H3. The van der Waals surface area contributed by atoms with Crippen LogP contribution >= 0.6 is 0 Å². The Morgan fingerprint density at radius 3 is 1.43 bits per heavy atom. The second-order valence-corrected chi connectivity index (χ2v) is 11.5. The van der Waals surface area contributed by atoms with Crippen molar-refractivity contribution in [2.45, 2.75) is 192 Å². The molecule has 5 heteroatoms. The molecule has 0 aliphatic rings. The third-order valence-corrected chi connectivity index (χ3v) is 7.91. The summed E-state index contributed by atoms with van der Waals surface area (Å²) in [5.74, 6) is 0. The van der Waals surface area contributed by atoms with E-state index >= 15 is 0 Å². The maximum atomic E-state index is 11.4. The number of hydrogen-bond donors (Lipinski definition) is 4. The summed E-state index contributed by atoms with van der Waals surface area (Å²) in [6, 6.07) is 0. The van der Waals surface area contributed by atoms with Crippen molar-refractivity contribution in [3.8, 4) is 0 Å². The van der Waals surface area contributed by atoms with E-state index in [0.29, 0.717) is 13.0 Å². The molecule has 0 rings (SSSR count). The monoisotopic (exact) mass is 530 g/mol. The molecule has 0 amide bonds. The van der Waals surface area contributed by atoms with Gasteiger partial charge in [0.25, 0.3) is 0 Å². The summed E-state index contributed by atoms with van der Waals surface area (Å²) in [4.78, 5) is 0. The first-order valence-electron chi connectivity index (χ1n) is 16.3. The van der Waals surface area contributed by atoms with Crippen molar-refractivity contribution in [1.29, 1.82) is 0 Å². The van der Waals surface area contributed by atoms with Gasteiger partial charge >= 0.3 is 0 Å². The molecule has 4 N–H and O–H groups in total. The summed E-state index contributed by atoms with van der Waals surface area (Å²) in [7, 11) is 0. The molecular formula is C32H66O5. The zero-order valence-electron chi connectivity index (χ0n) is 25.1. The van der Waals surface area contributed by atoms with Gasteiger partial charge in [-0.3, -0.25) is 0 Å². The van der Waals surface area contributed by atoms with Crippen molar-refractivity contribution in [3.05, 3.63) is 0 Å². The topological polar surface area (TPSA) is 90.2 Å². The fraction of sp³-hybridized carbons (Fsp3) is 1.00. The van der Waals surface area contributed by atoms with Gasteiger partial charge in [0.05, 0.1) is 12.7 Å². The van der Waals surface area contributed by atoms with Crippen LogP contribution in [0.15, 0.2) is 0 Å². The Kier molecular flexibility index (Phi) is 25.9. The van der Waals surface area contributed by atoms with E-state index in [9.17, 15) is 20.4 Å². The largest absolute Gasteiger partial charge is 0.390 e. The lowest BCUT2D eigenvalue weighted by atomic mass is 9.81. The third-order valence-electron chi connectivity index (χ3n) is 7.91. The van der Waals surface area contributed by atoms with Crippen LogP contribution in [0.2, 0.25) is 0 Å².